The normalized spacial score (nSPS) is 12.1. The standard InChI is InChI=1S/C15H15FN2O2/c1-10(12-6-2-3-7-13(12)16)17-9-11-5-4-8-14(18-11)15(19)20/h2-8,10,17H,9H2,1H3,(H,19,20). The fourth-order valence-electron chi connectivity index (χ4n) is 1.89. The van der Waals surface area contributed by atoms with Crippen LogP contribution in [0.5, 0.6) is 0 Å². The summed E-state index contributed by atoms with van der Waals surface area (Å²) in [7, 11) is 0. The van der Waals surface area contributed by atoms with E-state index in [1.165, 1.54) is 12.1 Å². The summed E-state index contributed by atoms with van der Waals surface area (Å²) in [6.07, 6.45) is 0. The summed E-state index contributed by atoms with van der Waals surface area (Å²) in [6.45, 7) is 2.22. The molecular formula is C15H15FN2O2. The van der Waals surface area contributed by atoms with Gasteiger partial charge < -0.3 is 10.4 Å². The van der Waals surface area contributed by atoms with E-state index in [2.05, 4.69) is 10.3 Å². The number of nitrogens with one attached hydrogen (secondary N) is 1. The van der Waals surface area contributed by atoms with E-state index < -0.39 is 5.97 Å². The quantitative estimate of drug-likeness (QED) is 0.880. The molecule has 1 aromatic heterocycles. The molecule has 0 saturated heterocycles. The van der Waals surface area contributed by atoms with Crippen molar-refractivity contribution in [2.75, 3.05) is 0 Å². The first-order valence-corrected chi connectivity index (χ1v) is 6.25. The highest BCUT2D eigenvalue weighted by Crippen LogP contribution is 2.16. The largest absolute Gasteiger partial charge is 0.477 e. The van der Waals surface area contributed by atoms with Crippen LogP contribution < -0.4 is 5.32 Å². The number of aromatic carboxylic acids is 1. The molecule has 0 aliphatic rings. The minimum Gasteiger partial charge on any atom is -0.477 e. The Labute approximate surface area is 116 Å². The summed E-state index contributed by atoms with van der Waals surface area (Å²) in [6, 6.07) is 11.2. The number of benzene rings is 1. The van der Waals surface area contributed by atoms with Gasteiger partial charge in [0.05, 0.1) is 5.69 Å². The predicted octanol–water partition coefficient (Wildman–Crippen LogP) is 2.77. The zero-order chi connectivity index (χ0) is 14.5. The van der Waals surface area contributed by atoms with Gasteiger partial charge in [-0.05, 0) is 25.1 Å². The molecule has 1 aromatic carbocycles. The number of carbonyl (C=O) groups is 1. The van der Waals surface area contributed by atoms with Crippen LogP contribution in [0.1, 0.15) is 34.7 Å². The number of hydrogen-bond acceptors (Lipinski definition) is 3. The number of carboxylic acids is 1. The van der Waals surface area contributed by atoms with Crippen LogP contribution in [-0.2, 0) is 6.54 Å². The Kier molecular flexibility index (Phi) is 4.42. The molecule has 0 aliphatic heterocycles. The van der Waals surface area contributed by atoms with Gasteiger partial charge in [0.2, 0.25) is 0 Å². The number of rotatable bonds is 5. The molecule has 2 rings (SSSR count). The number of carboxylic acid groups (broad SMARTS) is 1. The average molecular weight is 274 g/mol. The summed E-state index contributed by atoms with van der Waals surface area (Å²) in [4.78, 5) is 14.8. The van der Waals surface area contributed by atoms with Crippen molar-refractivity contribution in [3.05, 3.63) is 65.2 Å². The molecular weight excluding hydrogens is 259 g/mol. The Bertz CT molecular complexity index is 616. The van der Waals surface area contributed by atoms with Gasteiger partial charge in [0, 0.05) is 18.2 Å². The van der Waals surface area contributed by atoms with Crippen LogP contribution >= 0.6 is 0 Å². The summed E-state index contributed by atoms with van der Waals surface area (Å²) in [5.41, 5.74) is 1.18. The molecule has 2 aromatic rings. The van der Waals surface area contributed by atoms with Gasteiger partial charge in [-0.3, -0.25) is 0 Å². The number of pyridine rings is 1. The molecule has 4 nitrogen and oxygen atoms in total. The molecule has 1 unspecified atom stereocenters. The van der Waals surface area contributed by atoms with Crippen LogP contribution in [0.25, 0.3) is 0 Å². The lowest BCUT2D eigenvalue weighted by molar-refractivity contribution is 0.0690. The highest BCUT2D eigenvalue weighted by atomic mass is 19.1. The van der Waals surface area contributed by atoms with Gasteiger partial charge in [0.25, 0.3) is 0 Å². The van der Waals surface area contributed by atoms with Crippen LogP contribution in [0.4, 0.5) is 4.39 Å². The fraction of sp³-hybridized carbons (Fsp3) is 0.200. The fourth-order valence-corrected chi connectivity index (χ4v) is 1.89. The zero-order valence-corrected chi connectivity index (χ0v) is 11.0. The number of nitrogens with zero attached hydrogens (tertiary/aromatic N) is 1. The Morgan fingerprint density at radius 2 is 2.05 bits per heavy atom. The minimum atomic E-state index is -1.06. The van der Waals surface area contributed by atoms with E-state index >= 15 is 0 Å². The Morgan fingerprint density at radius 3 is 2.75 bits per heavy atom. The first kappa shape index (κ1) is 14.1. The second kappa shape index (κ2) is 6.25. The van der Waals surface area contributed by atoms with E-state index in [0.717, 1.165) is 0 Å². The lowest BCUT2D eigenvalue weighted by Gasteiger charge is -2.14. The van der Waals surface area contributed by atoms with Gasteiger partial charge in [-0.25, -0.2) is 14.2 Å². The molecule has 0 saturated carbocycles. The number of hydrogen-bond donors (Lipinski definition) is 2. The Balaban J connectivity index is 2.04. The van der Waals surface area contributed by atoms with Crippen LogP contribution in [0, 0.1) is 5.82 Å². The van der Waals surface area contributed by atoms with Crippen LogP contribution in [0.3, 0.4) is 0 Å². The SMILES string of the molecule is CC(NCc1cccc(C(=O)O)n1)c1ccccc1F. The third kappa shape index (κ3) is 3.39. The maximum absolute atomic E-state index is 13.6. The highest BCUT2D eigenvalue weighted by molar-refractivity contribution is 5.85. The third-order valence-electron chi connectivity index (χ3n) is 2.99. The van der Waals surface area contributed by atoms with Crippen molar-refractivity contribution < 1.29 is 14.3 Å². The molecule has 20 heavy (non-hydrogen) atoms. The van der Waals surface area contributed by atoms with E-state index in [1.807, 2.05) is 6.92 Å². The van der Waals surface area contributed by atoms with E-state index in [-0.39, 0.29) is 17.6 Å². The van der Waals surface area contributed by atoms with Gasteiger partial charge in [-0.2, -0.15) is 0 Å². The minimum absolute atomic E-state index is 0.00263. The highest BCUT2D eigenvalue weighted by Gasteiger charge is 2.10. The van der Waals surface area contributed by atoms with Crippen LogP contribution in [-0.4, -0.2) is 16.1 Å². The summed E-state index contributed by atoms with van der Waals surface area (Å²) in [5, 5.41) is 12.0. The smallest absolute Gasteiger partial charge is 0.354 e. The molecule has 0 spiro atoms. The first-order chi connectivity index (χ1) is 9.58. The first-order valence-electron chi connectivity index (χ1n) is 6.25. The van der Waals surface area contributed by atoms with Crippen LogP contribution in [0.2, 0.25) is 0 Å². The van der Waals surface area contributed by atoms with Crippen molar-refractivity contribution >= 4 is 5.97 Å². The summed E-state index contributed by atoms with van der Waals surface area (Å²) < 4.78 is 13.6. The molecule has 5 heteroatoms. The molecule has 0 amide bonds. The summed E-state index contributed by atoms with van der Waals surface area (Å²) >= 11 is 0. The van der Waals surface area contributed by atoms with Gasteiger partial charge in [-0.1, -0.05) is 24.3 Å². The molecule has 1 heterocycles. The van der Waals surface area contributed by atoms with Gasteiger partial charge >= 0.3 is 5.97 Å². The van der Waals surface area contributed by atoms with Crippen molar-refractivity contribution in [2.24, 2.45) is 0 Å². The molecule has 104 valence electrons. The monoisotopic (exact) mass is 274 g/mol. The van der Waals surface area contributed by atoms with Crippen molar-refractivity contribution in [3.63, 3.8) is 0 Å². The molecule has 0 fully saturated rings. The van der Waals surface area contributed by atoms with Crippen molar-refractivity contribution in [1.29, 1.82) is 0 Å². The van der Waals surface area contributed by atoms with Gasteiger partial charge in [-0.15, -0.1) is 0 Å². The summed E-state index contributed by atoms with van der Waals surface area (Å²) in [5.74, 6) is -1.33. The molecule has 2 N–H and O–H groups in total. The van der Waals surface area contributed by atoms with E-state index in [9.17, 15) is 9.18 Å². The van der Waals surface area contributed by atoms with Crippen molar-refractivity contribution in [3.8, 4) is 0 Å². The maximum atomic E-state index is 13.6. The van der Waals surface area contributed by atoms with Gasteiger partial charge in [0.15, 0.2) is 0 Å². The van der Waals surface area contributed by atoms with E-state index in [0.29, 0.717) is 17.8 Å². The van der Waals surface area contributed by atoms with E-state index in [1.54, 1.807) is 30.3 Å². The Hall–Kier alpha value is -2.27. The predicted molar refractivity (Wildman–Crippen MR) is 72.9 cm³/mol. The number of halogens is 1. The van der Waals surface area contributed by atoms with Crippen molar-refractivity contribution in [2.45, 2.75) is 19.5 Å². The lowest BCUT2D eigenvalue weighted by Crippen LogP contribution is -2.20. The topological polar surface area (TPSA) is 62.2 Å². The van der Waals surface area contributed by atoms with E-state index in [4.69, 9.17) is 5.11 Å². The van der Waals surface area contributed by atoms with Crippen molar-refractivity contribution in [1.82, 2.24) is 10.3 Å². The molecule has 1 atom stereocenters. The average Bonchev–Trinajstić information content (AvgIpc) is 2.45. The molecule has 0 radical (unpaired) electrons. The van der Waals surface area contributed by atoms with Gasteiger partial charge in [0.1, 0.15) is 11.5 Å². The Morgan fingerprint density at radius 1 is 1.30 bits per heavy atom. The molecule has 0 aliphatic carbocycles. The lowest BCUT2D eigenvalue weighted by atomic mass is 10.1. The third-order valence-corrected chi connectivity index (χ3v) is 2.99. The maximum Gasteiger partial charge on any atom is 0.354 e. The zero-order valence-electron chi connectivity index (χ0n) is 11.0. The van der Waals surface area contributed by atoms with Crippen LogP contribution in [0.15, 0.2) is 42.5 Å². The second-order valence-electron chi connectivity index (χ2n) is 4.44. The number of aromatic nitrogens is 1. The second-order valence-corrected chi connectivity index (χ2v) is 4.44. The molecule has 0 bridgehead atoms.